The molecule has 0 aromatic rings. The van der Waals surface area contributed by atoms with Gasteiger partial charge in [0.25, 0.3) is 0 Å². The van der Waals surface area contributed by atoms with Crippen molar-refractivity contribution in [2.75, 3.05) is 7.11 Å². The summed E-state index contributed by atoms with van der Waals surface area (Å²) >= 11 is 0. The molecule has 0 aliphatic heterocycles. The number of hydrogen-bond acceptors (Lipinski definition) is 2. The number of carbonyl (C=O) groups is 1. The summed E-state index contributed by atoms with van der Waals surface area (Å²) in [4.78, 5) is 10.8. The van der Waals surface area contributed by atoms with Crippen LogP contribution in [0.3, 0.4) is 0 Å². The van der Waals surface area contributed by atoms with Crippen LogP contribution < -0.4 is 0 Å². The molecule has 0 fully saturated rings. The van der Waals surface area contributed by atoms with Crippen LogP contribution in [0.25, 0.3) is 0 Å². The van der Waals surface area contributed by atoms with Gasteiger partial charge in [0.1, 0.15) is 0 Å². The van der Waals surface area contributed by atoms with Crippen LogP contribution in [0.4, 0.5) is 0 Å². The smallest absolute Gasteiger partial charge is 0.305 e. The van der Waals surface area contributed by atoms with Gasteiger partial charge < -0.3 is 4.74 Å². The van der Waals surface area contributed by atoms with Crippen molar-refractivity contribution in [3.8, 4) is 0 Å². The lowest BCUT2D eigenvalue weighted by molar-refractivity contribution is -0.140. The number of rotatable bonds is 7. The van der Waals surface area contributed by atoms with Crippen molar-refractivity contribution in [2.24, 2.45) is 5.92 Å². The van der Waals surface area contributed by atoms with Crippen molar-refractivity contribution in [2.45, 2.75) is 39.0 Å². The van der Waals surface area contributed by atoms with E-state index in [4.69, 9.17) is 0 Å². The Balaban J connectivity index is 3.29. The zero-order valence-corrected chi connectivity index (χ0v) is 9.21. The summed E-state index contributed by atoms with van der Waals surface area (Å²) in [6, 6.07) is 0. The topological polar surface area (TPSA) is 26.3 Å². The molecule has 0 aliphatic rings. The third kappa shape index (κ3) is 7.63. The molecule has 0 aromatic heterocycles. The second-order valence-corrected chi connectivity index (χ2v) is 3.52. The maximum Gasteiger partial charge on any atom is 0.305 e. The van der Waals surface area contributed by atoms with E-state index >= 15 is 0 Å². The fraction of sp³-hybridized carbons (Fsp3) is 0.667. The Morgan fingerprint density at radius 2 is 2.21 bits per heavy atom. The molecular formula is C12H20O2. The molecular weight excluding hydrogens is 176 g/mol. The van der Waals surface area contributed by atoms with E-state index in [0.717, 1.165) is 25.7 Å². The first-order valence-corrected chi connectivity index (χ1v) is 5.13. The van der Waals surface area contributed by atoms with Crippen LogP contribution in [-0.2, 0) is 9.53 Å². The summed E-state index contributed by atoms with van der Waals surface area (Å²) in [5, 5.41) is 0. The van der Waals surface area contributed by atoms with Gasteiger partial charge in [-0.25, -0.2) is 0 Å². The van der Waals surface area contributed by atoms with Crippen LogP contribution in [0.1, 0.15) is 39.0 Å². The van der Waals surface area contributed by atoms with Gasteiger partial charge >= 0.3 is 5.97 Å². The maximum atomic E-state index is 10.8. The zero-order chi connectivity index (χ0) is 10.8. The van der Waals surface area contributed by atoms with E-state index in [9.17, 15) is 4.79 Å². The number of ether oxygens (including phenoxy) is 1. The fourth-order valence-corrected chi connectivity index (χ4v) is 1.30. The Labute approximate surface area is 86.6 Å². The van der Waals surface area contributed by atoms with E-state index in [2.05, 4.69) is 24.0 Å². The van der Waals surface area contributed by atoms with Crippen LogP contribution in [0.5, 0.6) is 0 Å². The molecule has 14 heavy (non-hydrogen) atoms. The van der Waals surface area contributed by atoms with Crippen molar-refractivity contribution < 1.29 is 9.53 Å². The van der Waals surface area contributed by atoms with Crippen LogP contribution in [0.15, 0.2) is 18.4 Å². The highest BCUT2D eigenvalue weighted by molar-refractivity contribution is 5.68. The molecule has 0 radical (unpaired) electrons. The maximum absolute atomic E-state index is 10.8. The third-order valence-electron chi connectivity index (χ3n) is 2.17. The normalized spacial score (nSPS) is 11.6. The van der Waals surface area contributed by atoms with E-state index in [1.807, 2.05) is 6.08 Å². The van der Waals surface area contributed by atoms with Gasteiger partial charge in [-0.05, 0) is 24.8 Å². The molecule has 80 valence electrons. The summed E-state index contributed by atoms with van der Waals surface area (Å²) in [7, 11) is 1.43. The van der Waals surface area contributed by atoms with Crippen molar-refractivity contribution >= 4 is 5.97 Å². The van der Waals surface area contributed by atoms with Crippen molar-refractivity contribution in [1.29, 1.82) is 0 Å². The van der Waals surface area contributed by atoms with Crippen LogP contribution in [-0.4, -0.2) is 13.1 Å². The highest BCUT2D eigenvalue weighted by atomic mass is 16.5. The van der Waals surface area contributed by atoms with E-state index < -0.39 is 0 Å². The monoisotopic (exact) mass is 196 g/mol. The molecule has 1 atom stereocenters. The SMILES string of the molecule is C=C=CC(C)CCCCCC(=O)OC. The summed E-state index contributed by atoms with van der Waals surface area (Å²) in [6.45, 7) is 5.69. The summed E-state index contributed by atoms with van der Waals surface area (Å²) in [5.74, 6) is 0.440. The fourth-order valence-electron chi connectivity index (χ4n) is 1.30. The first kappa shape index (κ1) is 13.0. The molecule has 0 bridgehead atoms. The van der Waals surface area contributed by atoms with E-state index in [1.165, 1.54) is 7.11 Å². The molecule has 0 rings (SSSR count). The Morgan fingerprint density at radius 3 is 2.79 bits per heavy atom. The highest BCUT2D eigenvalue weighted by Crippen LogP contribution is 2.11. The van der Waals surface area contributed by atoms with Crippen LogP contribution in [0, 0.1) is 5.92 Å². The minimum atomic E-state index is -0.107. The quantitative estimate of drug-likeness (QED) is 0.355. The number of allylic oxidation sites excluding steroid dienone is 1. The average molecular weight is 196 g/mol. The molecule has 1 unspecified atom stereocenters. The number of carbonyl (C=O) groups excluding carboxylic acids is 1. The lowest BCUT2D eigenvalue weighted by atomic mass is 10.0. The van der Waals surface area contributed by atoms with Gasteiger partial charge in [-0.3, -0.25) is 4.79 Å². The molecule has 0 amide bonds. The molecule has 0 saturated heterocycles. The molecule has 2 heteroatoms. The Kier molecular flexibility index (Phi) is 7.96. The summed E-state index contributed by atoms with van der Waals surface area (Å²) < 4.78 is 4.55. The van der Waals surface area contributed by atoms with Gasteiger partial charge in [-0.1, -0.05) is 26.3 Å². The average Bonchev–Trinajstić information content (AvgIpc) is 2.17. The summed E-state index contributed by atoms with van der Waals surface area (Å²) in [6.07, 6.45) is 6.84. The van der Waals surface area contributed by atoms with Crippen LogP contribution >= 0.6 is 0 Å². The van der Waals surface area contributed by atoms with Gasteiger partial charge in [0.05, 0.1) is 7.11 Å². The van der Waals surface area contributed by atoms with Gasteiger partial charge in [0.15, 0.2) is 0 Å². The summed E-state index contributed by atoms with van der Waals surface area (Å²) in [5.41, 5.74) is 2.79. The van der Waals surface area contributed by atoms with E-state index in [1.54, 1.807) is 0 Å². The Morgan fingerprint density at radius 1 is 1.50 bits per heavy atom. The zero-order valence-electron chi connectivity index (χ0n) is 9.21. The largest absolute Gasteiger partial charge is 0.469 e. The third-order valence-corrected chi connectivity index (χ3v) is 2.17. The van der Waals surface area contributed by atoms with Crippen LogP contribution in [0.2, 0.25) is 0 Å². The minimum absolute atomic E-state index is 0.107. The minimum Gasteiger partial charge on any atom is -0.469 e. The molecule has 0 aliphatic carbocycles. The lowest BCUT2D eigenvalue weighted by Crippen LogP contribution is -1.99. The van der Waals surface area contributed by atoms with Gasteiger partial charge in [0.2, 0.25) is 0 Å². The highest BCUT2D eigenvalue weighted by Gasteiger charge is 2.00. The second kappa shape index (κ2) is 8.58. The number of unbranched alkanes of at least 4 members (excludes halogenated alkanes) is 2. The predicted octanol–water partition coefficient (Wildman–Crippen LogP) is 3.09. The molecule has 0 saturated carbocycles. The van der Waals surface area contributed by atoms with E-state index in [-0.39, 0.29) is 5.97 Å². The Hall–Kier alpha value is -1.01. The molecule has 0 aromatic carbocycles. The number of esters is 1. The molecule has 0 heterocycles. The lowest BCUT2D eigenvalue weighted by Gasteiger charge is -2.04. The number of hydrogen-bond donors (Lipinski definition) is 0. The second-order valence-electron chi connectivity index (χ2n) is 3.52. The van der Waals surface area contributed by atoms with E-state index in [0.29, 0.717) is 12.3 Å². The Bertz CT molecular complexity index is 202. The molecule has 2 nitrogen and oxygen atoms in total. The predicted molar refractivity (Wildman–Crippen MR) is 58.0 cm³/mol. The van der Waals surface area contributed by atoms with Gasteiger partial charge in [-0.15, -0.1) is 5.73 Å². The van der Waals surface area contributed by atoms with Gasteiger partial charge in [-0.2, -0.15) is 0 Å². The number of methoxy groups -OCH3 is 1. The molecule has 0 spiro atoms. The van der Waals surface area contributed by atoms with Crippen molar-refractivity contribution in [1.82, 2.24) is 0 Å². The van der Waals surface area contributed by atoms with Gasteiger partial charge in [0, 0.05) is 6.42 Å². The first-order chi connectivity index (χ1) is 6.70. The first-order valence-electron chi connectivity index (χ1n) is 5.13. The standard InChI is InChI=1S/C12H20O2/c1-4-8-11(2)9-6-5-7-10-12(13)14-3/h8,11H,1,5-7,9-10H2,2-3H3. The van der Waals surface area contributed by atoms with Crippen molar-refractivity contribution in [3.63, 3.8) is 0 Å². The molecule has 0 N–H and O–H groups in total. The van der Waals surface area contributed by atoms with Crippen molar-refractivity contribution in [3.05, 3.63) is 18.4 Å².